The van der Waals surface area contributed by atoms with Crippen LogP contribution in [0.25, 0.3) is 11.0 Å². The molecule has 0 aliphatic carbocycles. The lowest BCUT2D eigenvalue weighted by atomic mass is 10.2. The van der Waals surface area contributed by atoms with Crippen LogP contribution < -0.4 is 0 Å². The second-order valence-corrected chi connectivity index (χ2v) is 4.71. The van der Waals surface area contributed by atoms with Crippen molar-refractivity contribution in [3.05, 3.63) is 54.4 Å². The van der Waals surface area contributed by atoms with E-state index >= 15 is 0 Å². The Balaban J connectivity index is 1.61. The molecule has 0 saturated carbocycles. The molecule has 1 aromatic carbocycles. The van der Waals surface area contributed by atoms with Crippen LogP contribution in [0.4, 0.5) is 0 Å². The molecule has 0 spiro atoms. The molecule has 0 radical (unpaired) electrons. The number of hydrogen-bond donors (Lipinski definition) is 1. The molecule has 102 valence electrons. The van der Waals surface area contributed by atoms with E-state index in [4.69, 9.17) is 4.74 Å². The van der Waals surface area contributed by atoms with Gasteiger partial charge in [0.25, 0.3) is 0 Å². The Labute approximate surface area is 117 Å². The van der Waals surface area contributed by atoms with E-state index in [2.05, 4.69) is 19.9 Å². The molecule has 3 rings (SSSR count). The number of benzene rings is 1. The fourth-order valence-corrected chi connectivity index (χ4v) is 2.03. The van der Waals surface area contributed by atoms with E-state index in [1.807, 2.05) is 37.4 Å². The first-order valence-electron chi connectivity index (χ1n) is 6.62. The first-order chi connectivity index (χ1) is 9.81. The summed E-state index contributed by atoms with van der Waals surface area (Å²) in [4.78, 5) is 16.2. The highest BCUT2D eigenvalue weighted by Crippen LogP contribution is 2.10. The van der Waals surface area contributed by atoms with E-state index in [9.17, 15) is 0 Å². The van der Waals surface area contributed by atoms with Gasteiger partial charge in [0.15, 0.2) is 0 Å². The second kappa shape index (κ2) is 5.79. The molecule has 20 heavy (non-hydrogen) atoms. The number of imidazole rings is 1. The van der Waals surface area contributed by atoms with Gasteiger partial charge in [0, 0.05) is 18.8 Å². The number of fused-ring (bicyclic) bond motifs is 1. The second-order valence-electron chi connectivity index (χ2n) is 4.71. The van der Waals surface area contributed by atoms with E-state index in [-0.39, 0.29) is 6.10 Å². The average molecular weight is 268 g/mol. The van der Waals surface area contributed by atoms with E-state index in [0.29, 0.717) is 6.61 Å². The zero-order valence-electron chi connectivity index (χ0n) is 11.3. The van der Waals surface area contributed by atoms with Crippen molar-refractivity contribution in [3.63, 3.8) is 0 Å². The summed E-state index contributed by atoms with van der Waals surface area (Å²) < 4.78 is 5.79. The lowest BCUT2D eigenvalue weighted by Gasteiger charge is -2.11. The summed E-state index contributed by atoms with van der Waals surface area (Å²) in [7, 11) is 0. The maximum Gasteiger partial charge on any atom is 0.108 e. The molecule has 0 saturated heterocycles. The van der Waals surface area contributed by atoms with Crippen molar-refractivity contribution in [2.45, 2.75) is 26.1 Å². The van der Waals surface area contributed by atoms with Crippen LogP contribution in [0.15, 0.2) is 42.9 Å². The molecule has 0 aliphatic heterocycles. The minimum atomic E-state index is 0.0782. The Kier molecular flexibility index (Phi) is 3.69. The fraction of sp³-hybridized carbons (Fsp3) is 0.267. The predicted molar refractivity (Wildman–Crippen MR) is 76.1 cm³/mol. The molecular formula is C15H16N4O. The van der Waals surface area contributed by atoms with Crippen molar-refractivity contribution in [1.29, 1.82) is 0 Å². The number of H-pyrrole nitrogens is 1. The summed E-state index contributed by atoms with van der Waals surface area (Å²) in [6.07, 6.45) is 6.17. The number of nitrogens with one attached hydrogen (secondary N) is 1. The Morgan fingerprint density at radius 1 is 1.20 bits per heavy atom. The van der Waals surface area contributed by atoms with E-state index in [0.717, 1.165) is 29.0 Å². The monoisotopic (exact) mass is 268 g/mol. The summed E-state index contributed by atoms with van der Waals surface area (Å²) in [5.41, 5.74) is 2.64. The first-order valence-corrected chi connectivity index (χ1v) is 6.62. The molecule has 0 aliphatic rings. The quantitative estimate of drug-likeness (QED) is 0.772. The van der Waals surface area contributed by atoms with Gasteiger partial charge in [0.1, 0.15) is 5.82 Å². The molecule has 2 aromatic heterocycles. The Morgan fingerprint density at radius 2 is 2.05 bits per heavy atom. The van der Waals surface area contributed by atoms with Crippen LogP contribution in [0.1, 0.15) is 18.4 Å². The lowest BCUT2D eigenvalue weighted by molar-refractivity contribution is 0.0504. The van der Waals surface area contributed by atoms with Crippen LogP contribution in [0, 0.1) is 0 Å². The smallest absolute Gasteiger partial charge is 0.108 e. The molecule has 2 heterocycles. The molecule has 5 nitrogen and oxygen atoms in total. The maximum atomic E-state index is 5.79. The molecule has 1 N–H and O–H groups in total. The summed E-state index contributed by atoms with van der Waals surface area (Å²) in [6.45, 7) is 2.48. The predicted octanol–water partition coefficient (Wildman–Crippen LogP) is 2.50. The Morgan fingerprint density at radius 3 is 2.85 bits per heavy atom. The minimum absolute atomic E-state index is 0.0782. The van der Waals surface area contributed by atoms with Gasteiger partial charge in [-0.25, -0.2) is 9.97 Å². The lowest BCUT2D eigenvalue weighted by Crippen LogP contribution is -2.13. The van der Waals surface area contributed by atoms with E-state index in [1.54, 1.807) is 12.4 Å². The molecule has 5 heteroatoms. The molecule has 1 atom stereocenters. The minimum Gasteiger partial charge on any atom is -0.372 e. The fourth-order valence-electron chi connectivity index (χ4n) is 2.03. The van der Waals surface area contributed by atoms with Crippen molar-refractivity contribution < 1.29 is 4.74 Å². The van der Waals surface area contributed by atoms with Gasteiger partial charge in [-0.2, -0.15) is 0 Å². The van der Waals surface area contributed by atoms with E-state index < -0.39 is 0 Å². The molecule has 0 fully saturated rings. The molecule has 0 bridgehead atoms. The molecule has 0 amide bonds. The van der Waals surface area contributed by atoms with Gasteiger partial charge >= 0.3 is 0 Å². The van der Waals surface area contributed by atoms with Crippen LogP contribution in [0.3, 0.4) is 0 Å². The number of nitrogens with zero attached hydrogens (tertiary/aromatic N) is 3. The van der Waals surface area contributed by atoms with Crippen molar-refractivity contribution in [1.82, 2.24) is 19.9 Å². The van der Waals surface area contributed by atoms with Gasteiger partial charge in [-0.15, -0.1) is 0 Å². The van der Waals surface area contributed by atoms with Crippen LogP contribution in [-0.2, 0) is 17.8 Å². The standard InChI is InChI=1S/C15H16N4O/c1-11(8-15-16-6-7-17-15)20-10-12-9-18-13-4-2-3-5-14(13)19-12/h2-7,9,11H,8,10H2,1H3,(H,16,17). The van der Waals surface area contributed by atoms with Crippen molar-refractivity contribution in [3.8, 4) is 0 Å². The largest absolute Gasteiger partial charge is 0.372 e. The van der Waals surface area contributed by atoms with Crippen LogP contribution in [0.2, 0.25) is 0 Å². The molecule has 1 unspecified atom stereocenters. The zero-order valence-corrected chi connectivity index (χ0v) is 11.3. The Bertz CT molecular complexity index is 681. The summed E-state index contributed by atoms with van der Waals surface area (Å²) >= 11 is 0. The number of aromatic nitrogens is 4. The number of rotatable bonds is 5. The van der Waals surface area contributed by atoms with Crippen LogP contribution in [-0.4, -0.2) is 26.0 Å². The zero-order chi connectivity index (χ0) is 13.8. The highest BCUT2D eigenvalue weighted by Gasteiger charge is 2.07. The van der Waals surface area contributed by atoms with Crippen LogP contribution >= 0.6 is 0 Å². The summed E-state index contributed by atoms with van der Waals surface area (Å²) in [6, 6.07) is 7.82. The molecular weight excluding hydrogens is 252 g/mol. The third kappa shape index (κ3) is 3.00. The third-order valence-electron chi connectivity index (χ3n) is 3.05. The number of ether oxygens (including phenoxy) is 1. The van der Waals surface area contributed by atoms with Gasteiger partial charge in [-0.1, -0.05) is 12.1 Å². The topological polar surface area (TPSA) is 63.7 Å². The third-order valence-corrected chi connectivity index (χ3v) is 3.05. The summed E-state index contributed by atoms with van der Waals surface area (Å²) in [5.74, 6) is 0.932. The highest BCUT2D eigenvalue weighted by atomic mass is 16.5. The maximum absolute atomic E-state index is 5.79. The van der Waals surface area contributed by atoms with Gasteiger partial charge in [-0.3, -0.25) is 4.98 Å². The van der Waals surface area contributed by atoms with Gasteiger partial charge in [0.05, 0.1) is 35.6 Å². The number of hydrogen-bond acceptors (Lipinski definition) is 4. The van der Waals surface area contributed by atoms with E-state index in [1.165, 1.54) is 0 Å². The first kappa shape index (κ1) is 12.7. The number of para-hydroxylation sites is 2. The number of aromatic amines is 1. The van der Waals surface area contributed by atoms with Crippen LogP contribution in [0.5, 0.6) is 0 Å². The summed E-state index contributed by atoms with van der Waals surface area (Å²) in [5, 5.41) is 0. The SMILES string of the molecule is CC(Cc1ncc[nH]1)OCc1cnc2ccccc2n1. The average Bonchev–Trinajstić information content (AvgIpc) is 2.98. The highest BCUT2D eigenvalue weighted by molar-refractivity contribution is 5.73. The van der Waals surface area contributed by atoms with Gasteiger partial charge in [-0.05, 0) is 19.1 Å². The van der Waals surface area contributed by atoms with Gasteiger partial charge < -0.3 is 9.72 Å². The normalized spacial score (nSPS) is 12.7. The Hall–Kier alpha value is -2.27. The van der Waals surface area contributed by atoms with Crippen molar-refractivity contribution in [2.75, 3.05) is 0 Å². The van der Waals surface area contributed by atoms with Gasteiger partial charge in [0.2, 0.25) is 0 Å². The molecule has 3 aromatic rings. The van der Waals surface area contributed by atoms with Crippen molar-refractivity contribution in [2.24, 2.45) is 0 Å². The van der Waals surface area contributed by atoms with Crippen molar-refractivity contribution >= 4 is 11.0 Å².